The van der Waals surface area contributed by atoms with Crippen LogP contribution in [-0.4, -0.2) is 9.38 Å². The largest absolute Gasteiger partial charge is 0.487 e. The minimum atomic E-state index is 0.00985. The Hall–Kier alpha value is -1.41. The van der Waals surface area contributed by atoms with E-state index in [-0.39, 0.29) is 5.56 Å². The standard InChI is InChI=1S/C17H15IN2O2S/c18-11-4-3-5-13(8-11)22-10-12-9-16(21)20-14-6-1-2-7-15(14)23-17(20)19-12/h3-5,8-9H,1-2,6-7,10H2. The van der Waals surface area contributed by atoms with Crippen molar-refractivity contribution < 1.29 is 4.74 Å². The van der Waals surface area contributed by atoms with Crippen molar-refractivity contribution in [2.75, 3.05) is 0 Å². The van der Waals surface area contributed by atoms with Gasteiger partial charge in [0.05, 0.1) is 5.69 Å². The van der Waals surface area contributed by atoms with Crippen LogP contribution in [0, 0.1) is 3.57 Å². The SMILES string of the molecule is O=c1cc(COc2cccc(I)c2)nc2sc3c(n12)CCCC3. The Morgan fingerprint density at radius 2 is 2.13 bits per heavy atom. The number of fused-ring (bicyclic) bond motifs is 3. The summed E-state index contributed by atoms with van der Waals surface area (Å²) in [4.78, 5) is 19.2. The molecule has 1 aliphatic rings. The number of benzene rings is 1. The van der Waals surface area contributed by atoms with Gasteiger partial charge < -0.3 is 4.74 Å². The van der Waals surface area contributed by atoms with E-state index in [1.54, 1.807) is 21.8 Å². The lowest BCUT2D eigenvalue weighted by molar-refractivity contribution is 0.301. The molecule has 0 saturated heterocycles. The highest BCUT2D eigenvalue weighted by molar-refractivity contribution is 14.1. The fourth-order valence-electron chi connectivity index (χ4n) is 2.93. The molecule has 0 fully saturated rings. The van der Waals surface area contributed by atoms with Gasteiger partial charge in [-0.3, -0.25) is 9.20 Å². The summed E-state index contributed by atoms with van der Waals surface area (Å²) in [6.07, 6.45) is 4.41. The molecule has 1 aliphatic carbocycles. The molecular formula is C17H15IN2O2S. The third-order valence-electron chi connectivity index (χ3n) is 4.00. The Balaban J connectivity index is 1.65. The van der Waals surface area contributed by atoms with Crippen LogP contribution in [0.15, 0.2) is 35.1 Å². The van der Waals surface area contributed by atoms with Crippen molar-refractivity contribution in [1.82, 2.24) is 9.38 Å². The lowest BCUT2D eigenvalue weighted by Gasteiger charge is -2.10. The highest BCUT2D eigenvalue weighted by Crippen LogP contribution is 2.28. The van der Waals surface area contributed by atoms with Crippen molar-refractivity contribution in [3.8, 4) is 5.75 Å². The molecule has 0 amide bonds. The molecule has 0 N–H and O–H groups in total. The summed E-state index contributed by atoms with van der Waals surface area (Å²) in [5.74, 6) is 0.796. The molecule has 23 heavy (non-hydrogen) atoms. The van der Waals surface area contributed by atoms with Crippen LogP contribution in [0.2, 0.25) is 0 Å². The average molecular weight is 438 g/mol. The number of aromatic nitrogens is 2. The first-order valence-electron chi connectivity index (χ1n) is 7.62. The highest BCUT2D eigenvalue weighted by atomic mass is 127. The molecule has 4 rings (SSSR count). The van der Waals surface area contributed by atoms with E-state index in [9.17, 15) is 4.79 Å². The van der Waals surface area contributed by atoms with Crippen LogP contribution in [-0.2, 0) is 19.4 Å². The van der Waals surface area contributed by atoms with Gasteiger partial charge in [-0.15, -0.1) is 11.3 Å². The van der Waals surface area contributed by atoms with Crippen molar-refractivity contribution in [1.29, 1.82) is 0 Å². The zero-order valence-corrected chi connectivity index (χ0v) is 15.4. The highest BCUT2D eigenvalue weighted by Gasteiger charge is 2.18. The predicted octanol–water partition coefficient (Wildman–Crippen LogP) is 3.82. The minimum Gasteiger partial charge on any atom is -0.487 e. The number of hydrogen-bond donors (Lipinski definition) is 0. The average Bonchev–Trinajstić information content (AvgIpc) is 2.92. The summed E-state index contributed by atoms with van der Waals surface area (Å²) in [5.41, 5.74) is 1.86. The number of nitrogens with zero attached hydrogens (tertiary/aromatic N) is 2. The van der Waals surface area contributed by atoms with Crippen molar-refractivity contribution in [2.24, 2.45) is 0 Å². The quantitative estimate of drug-likeness (QED) is 0.585. The van der Waals surface area contributed by atoms with E-state index in [2.05, 4.69) is 27.6 Å². The first-order chi connectivity index (χ1) is 11.2. The van der Waals surface area contributed by atoms with Crippen LogP contribution in [0.3, 0.4) is 0 Å². The van der Waals surface area contributed by atoms with Gasteiger partial charge in [0, 0.05) is 20.2 Å². The van der Waals surface area contributed by atoms with Gasteiger partial charge in [0.1, 0.15) is 12.4 Å². The molecule has 1 aromatic carbocycles. The van der Waals surface area contributed by atoms with Crippen LogP contribution >= 0.6 is 33.9 Å². The monoisotopic (exact) mass is 438 g/mol. The first kappa shape index (κ1) is 15.1. The summed E-state index contributed by atoms with van der Waals surface area (Å²) in [6, 6.07) is 9.45. The van der Waals surface area contributed by atoms with Gasteiger partial charge in [-0.25, -0.2) is 4.98 Å². The molecule has 2 heterocycles. The number of hydrogen-bond acceptors (Lipinski definition) is 4. The normalized spacial score (nSPS) is 14.0. The Morgan fingerprint density at radius 3 is 3.00 bits per heavy atom. The summed E-state index contributed by atoms with van der Waals surface area (Å²) in [5, 5.41) is 0. The fourth-order valence-corrected chi connectivity index (χ4v) is 4.68. The van der Waals surface area contributed by atoms with Crippen LogP contribution < -0.4 is 10.3 Å². The summed E-state index contributed by atoms with van der Waals surface area (Å²) in [6.45, 7) is 0.314. The first-order valence-corrected chi connectivity index (χ1v) is 9.52. The van der Waals surface area contributed by atoms with Crippen molar-refractivity contribution >= 4 is 38.9 Å². The number of aryl methyl sites for hydroxylation is 2. The number of ether oxygens (including phenoxy) is 1. The fraction of sp³-hybridized carbons (Fsp3) is 0.294. The van der Waals surface area contributed by atoms with Crippen molar-refractivity contribution in [3.05, 3.63) is 60.5 Å². The van der Waals surface area contributed by atoms with Gasteiger partial charge in [-0.05, 0) is 66.5 Å². The zero-order chi connectivity index (χ0) is 15.8. The van der Waals surface area contributed by atoms with Crippen LogP contribution in [0.5, 0.6) is 5.75 Å². The molecule has 0 aliphatic heterocycles. The van der Waals surface area contributed by atoms with E-state index in [1.807, 2.05) is 24.3 Å². The Bertz CT molecular complexity index is 932. The van der Waals surface area contributed by atoms with E-state index in [0.29, 0.717) is 12.3 Å². The predicted molar refractivity (Wildman–Crippen MR) is 99.5 cm³/mol. The number of rotatable bonds is 3. The zero-order valence-electron chi connectivity index (χ0n) is 12.4. The maximum absolute atomic E-state index is 12.5. The second-order valence-corrected chi connectivity index (χ2v) is 7.94. The molecule has 2 aromatic heterocycles. The van der Waals surface area contributed by atoms with E-state index in [0.717, 1.165) is 33.5 Å². The van der Waals surface area contributed by atoms with Gasteiger partial charge >= 0.3 is 0 Å². The van der Waals surface area contributed by atoms with Gasteiger partial charge in [-0.1, -0.05) is 6.07 Å². The van der Waals surface area contributed by atoms with Gasteiger partial charge in [0.25, 0.3) is 5.56 Å². The van der Waals surface area contributed by atoms with Crippen LogP contribution in [0.4, 0.5) is 0 Å². The van der Waals surface area contributed by atoms with E-state index in [4.69, 9.17) is 4.74 Å². The lowest BCUT2D eigenvalue weighted by atomic mass is 10.0. The lowest BCUT2D eigenvalue weighted by Crippen LogP contribution is -2.18. The van der Waals surface area contributed by atoms with Crippen LogP contribution in [0.25, 0.3) is 4.96 Å². The summed E-state index contributed by atoms with van der Waals surface area (Å²) in [7, 11) is 0. The van der Waals surface area contributed by atoms with E-state index >= 15 is 0 Å². The molecule has 4 nitrogen and oxygen atoms in total. The Morgan fingerprint density at radius 1 is 1.26 bits per heavy atom. The molecule has 0 atom stereocenters. The molecule has 0 unspecified atom stereocenters. The third-order valence-corrected chi connectivity index (χ3v) is 5.81. The third kappa shape index (κ3) is 3.01. The van der Waals surface area contributed by atoms with Crippen molar-refractivity contribution in [2.45, 2.75) is 32.3 Å². The molecule has 3 aromatic rings. The maximum Gasteiger partial charge on any atom is 0.259 e. The molecule has 0 spiro atoms. The number of halogens is 1. The van der Waals surface area contributed by atoms with E-state index < -0.39 is 0 Å². The van der Waals surface area contributed by atoms with E-state index in [1.165, 1.54) is 17.0 Å². The Labute approximate surface area is 151 Å². The molecule has 0 saturated carbocycles. The van der Waals surface area contributed by atoms with Crippen LogP contribution in [0.1, 0.15) is 29.1 Å². The minimum absolute atomic E-state index is 0.00985. The van der Waals surface area contributed by atoms with Gasteiger partial charge in [0.15, 0.2) is 4.96 Å². The Kier molecular flexibility index (Phi) is 4.11. The second-order valence-electron chi connectivity index (χ2n) is 5.63. The molecule has 118 valence electrons. The van der Waals surface area contributed by atoms with Gasteiger partial charge in [-0.2, -0.15) is 0 Å². The molecular weight excluding hydrogens is 423 g/mol. The summed E-state index contributed by atoms with van der Waals surface area (Å²) < 4.78 is 8.67. The van der Waals surface area contributed by atoms with Gasteiger partial charge in [0.2, 0.25) is 0 Å². The maximum atomic E-state index is 12.5. The topological polar surface area (TPSA) is 43.6 Å². The molecule has 0 bridgehead atoms. The molecule has 0 radical (unpaired) electrons. The second kappa shape index (κ2) is 6.24. The number of thiazole rings is 1. The molecule has 6 heteroatoms. The van der Waals surface area contributed by atoms with Crippen molar-refractivity contribution in [3.63, 3.8) is 0 Å². The smallest absolute Gasteiger partial charge is 0.259 e. The summed E-state index contributed by atoms with van der Waals surface area (Å²) >= 11 is 3.90.